The minimum Gasteiger partial charge on any atom is -0.315 e. The highest BCUT2D eigenvalue weighted by molar-refractivity contribution is 7.89. The topological polar surface area (TPSA) is 86.9 Å². The average Bonchev–Trinajstić information content (AvgIpc) is 2.76. The van der Waals surface area contributed by atoms with Crippen LogP contribution in [0, 0.1) is 13.8 Å². The maximum absolute atomic E-state index is 12.1. The van der Waals surface area contributed by atoms with Gasteiger partial charge in [-0.05, 0) is 26.8 Å². The van der Waals surface area contributed by atoms with Gasteiger partial charge in [0, 0.05) is 12.6 Å². The molecule has 0 radical (unpaired) electrons. The Morgan fingerprint density at radius 3 is 2.59 bits per heavy atom. The summed E-state index contributed by atoms with van der Waals surface area (Å²) >= 11 is 0. The van der Waals surface area contributed by atoms with Crippen molar-refractivity contribution in [2.75, 3.05) is 13.1 Å². The number of hydrogen-bond donors (Lipinski definition) is 3. The van der Waals surface area contributed by atoms with Crippen molar-refractivity contribution in [3.63, 3.8) is 0 Å². The molecule has 8 heteroatoms. The molecule has 0 spiro atoms. The largest absolute Gasteiger partial charge is 0.315 e. The summed E-state index contributed by atoms with van der Waals surface area (Å²) in [4.78, 5) is 0.277. The van der Waals surface area contributed by atoms with E-state index in [2.05, 4.69) is 20.2 Å². The number of rotatable bonds is 3. The predicted molar refractivity (Wildman–Crippen MR) is 66.9 cm³/mol. The Bertz CT molecular complexity index is 460. The molecule has 98 valence electrons. The molecule has 1 aliphatic heterocycles. The van der Waals surface area contributed by atoms with Gasteiger partial charge in [-0.3, -0.25) is 5.10 Å². The van der Waals surface area contributed by atoms with Gasteiger partial charge in [-0.2, -0.15) is 5.10 Å². The van der Waals surface area contributed by atoms with Crippen LogP contribution in [0.15, 0.2) is 4.90 Å². The Kier molecular flexibility index (Phi) is 4.54. The second kappa shape index (κ2) is 5.34. The summed E-state index contributed by atoms with van der Waals surface area (Å²) in [5, 5.41) is 9.70. The second-order valence-corrected chi connectivity index (χ2v) is 5.72. The third-order valence-electron chi connectivity index (χ3n) is 2.71. The molecule has 0 bridgehead atoms. The van der Waals surface area contributed by atoms with Crippen molar-refractivity contribution in [2.45, 2.75) is 31.2 Å². The Morgan fingerprint density at radius 2 is 2.12 bits per heavy atom. The molecule has 0 aliphatic carbocycles. The van der Waals surface area contributed by atoms with Crippen LogP contribution in [0.2, 0.25) is 0 Å². The average molecular weight is 281 g/mol. The third kappa shape index (κ3) is 2.98. The molecule has 6 nitrogen and oxygen atoms in total. The zero-order chi connectivity index (χ0) is 11.8. The van der Waals surface area contributed by atoms with Gasteiger partial charge < -0.3 is 5.32 Å². The minimum atomic E-state index is -3.45. The van der Waals surface area contributed by atoms with E-state index in [1.807, 2.05) is 0 Å². The number of sulfonamides is 1. The van der Waals surface area contributed by atoms with E-state index in [-0.39, 0.29) is 23.3 Å². The van der Waals surface area contributed by atoms with E-state index in [0.717, 1.165) is 13.0 Å². The van der Waals surface area contributed by atoms with Crippen molar-refractivity contribution < 1.29 is 8.42 Å². The highest BCUT2D eigenvalue weighted by Crippen LogP contribution is 2.17. The summed E-state index contributed by atoms with van der Waals surface area (Å²) in [7, 11) is -3.45. The van der Waals surface area contributed by atoms with Gasteiger partial charge in [0.1, 0.15) is 4.90 Å². The SMILES string of the molecule is Cc1n[nH]c(C)c1S(=O)(=O)NC1CCNC1.Cl. The lowest BCUT2D eigenvalue weighted by atomic mass is 10.3. The van der Waals surface area contributed by atoms with Crippen LogP contribution in [-0.2, 0) is 10.0 Å². The van der Waals surface area contributed by atoms with Gasteiger partial charge >= 0.3 is 0 Å². The van der Waals surface area contributed by atoms with E-state index in [9.17, 15) is 8.42 Å². The molecule has 2 heterocycles. The fourth-order valence-corrected chi connectivity index (χ4v) is 3.61. The summed E-state index contributed by atoms with van der Waals surface area (Å²) < 4.78 is 26.9. The maximum atomic E-state index is 12.1. The molecule has 1 saturated heterocycles. The van der Waals surface area contributed by atoms with Crippen LogP contribution in [0.4, 0.5) is 0 Å². The molecule has 1 fully saturated rings. The van der Waals surface area contributed by atoms with Crippen LogP contribution in [-0.4, -0.2) is 37.7 Å². The zero-order valence-corrected chi connectivity index (χ0v) is 11.4. The van der Waals surface area contributed by atoms with Crippen molar-refractivity contribution in [3.8, 4) is 0 Å². The van der Waals surface area contributed by atoms with Gasteiger partial charge in [0.15, 0.2) is 0 Å². The summed E-state index contributed by atoms with van der Waals surface area (Å²) in [6.07, 6.45) is 0.829. The summed E-state index contributed by atoms with van der Waals surface area (Å²) in [6.45, 7) is 4.94. The van der Waals surface area contributed by atoms with Crippen molar-refractivity contribution in [1.29, 1.82) is 0 Å². The van der Waals surface area contributed by atoms with Crippen molar-refractivity contribution in [3.05, 3.63) is 11.4 Å². The van der Waals surface area contributed by atoms with Gasteiger partial charge in [0.05, 0.1) is 11.4 Å². The number of hydrogen-bond acceptors (Lipinski definition) is 4. The predicted octanol–water partition coefficient (Wildman–Crippen LogP) is 0.0885. The number of aromatic nitrogens is 2. The lowest BCUT2D eigenvalue weighted by molar-refractivity contribution is 0.559. The van der Waals surface area contributed by atoms with Crippen LogP contribution in [0.1, 0.15) is 17.8 Å². The molecular weight excluding hydrogens is 264 g/mol. The molecule has 1 atom stereocenters. The van der Waals surface area contributed by atoms with Gasteiger partial charge in [-0.25, -0.2) is 13.1 Å². The third-order valence-corrected chi connectivity index (χ3v) is 4.49. The highest BCUT2D eigenvalue weighted by atomic mass is 35.5. The van der Waals surface area contributed by atoms with Crippen molar-refractivity contribution in [1.82, 2.24) is 20.2 Å². The molecule has 0 amide bonds. The smallest absolute Gasteiger partial charge is 0.244 e. The van der Waals surface area contributed by atoms with Gasteiger partial charge in [0.25, 0.3) is 0 Å². The summed E-state index contributed by atoms with van der Waals surface area (Å²) in [5.74, 6) is 0. The quantitative estimate of drug-likeness (QED) is 0.732. The van der Waals surface area contributed by atoms with E-state index < -0.39 is 10.0 Å². The Balaban J connectivity index is 0.00000144. The number of nitrogens with one attached hydrogen (secondary N) is 3. The first-order valence-electron chi connectivity index (χ1n) is 5.25. The lowest BCUT2D eigenvalue weighted by Crippen LogP contribution is -2.36. The monoisotopic (exact) mass is 280 g/mol. The van der Waals surface area contributed by atoms with Gasteiger partial charge in [-0.1, -0.05) is 0 Å². The van der Waals surface area contributed by atoms with E-state index in [0.29, 0.717) is 17.9 Å². The van der Waals surface area contributed by atoms with Crippen LogP contribution in [0.5, 0.6) is 0 Å². The molecule has 1 aromatic rings. The molecule has 0 aromatic carbocycles. The first kappa shape index (κ1) is 14.4. The lowest BCUT2D eigenvalue weighted by Gasteiger charge is -2.11. The molecule has 17 heavy (non-hydrogen) atoms. The van der Waals surface area contributed by atoms with Crippen LogP contribution in [0.3, 0.4) is 0 Å². The van der Waals surface area contributed by atoms with Crippen molar-refractivity contribution >= 4 is 22.4 Å². The highest BCUT2D eigenvalue weighted by Gasteiger charge is 2.26. The van der Waals surface area contributed by atoms with Gasteiger partial charge in [-0.15, -0.1) is 12.4 Å². The Hall–Kier alpha value is -0.630. The van der Waals surface area contributed by atoms with E-state index in [1.54, 1.807) is 13.8 Å². The first-order chi connectivity index (χ1) is 7.50. The van der Waals surface area contributed by atoms with E-state index in [4.69, 9.17) is 0 Å². The summed E-state index contributed by atoms with van der Waals surface area (Å²) in [5.41, 5.74) is 1.09. The van der Waals surface area contributed by atoms with Crippen LogP contribution < -0.4 is 10.0 Å². The fraction of sp³-hybridized carbons (Fsp3) is 0.667. The van der Waals surface area contributed by atoms with E-state index >= 15 is 0 Å². The normalized spacial score (nSPS) is 20.2. The number of H-pyrrole nitrogens is 1. The number of aryl methyl sites for hydroxylation is 2. The molecule has 1 unspecified atom stereocenters. The second-order valence-electron chi connectivity index (χ2n) is 4.07. The Labute approximate surface area is 107 Å². The zero-order valence-electron chi connectivity index (χ0n) is 9.78. The van der Waals surface area contributed by atoms with Crippen molar-refractivity contribution in [2.24, 2.45) is 0 Å². The molecule has 2 rings (SSSR count). The van der Waals surface area contributed by atoms with E-state index in [1.165, 1.54) is 0 Å². The molecule has 0 saturated carbocycles. The Morgan fingerprint density at radius 1 is 1.41 bits per heavy atom. The first-order valence-corrected chi connectivity index (χ1v) is 6.73. The number of halogens is 1. The van der Waals surface area contributed by atoms with Crippen LogP contribution in [0.25, 0.3) is 0 Å². The van der Waals surface area contributed by atoms with Gasteiger partial charge in [0.2, 0.25) is 10.0 Å². The van der Waals surface area contributed by atoms with Crippen LogP contribution >= 0.6 is 12.4 Å². The molecule has 3 N–H and O–H groups in total. The molecule has 1 aromatic heterocycles. The maximum Gasteiger partial charge on any atom is 0.244 e. The molecular formula is C9H17ClN4O2S. The summed E-state index contributed by atoms with van der Waals surface area (Å²) in [6, 6.07) is -0.0151. The number of aromatic amines is 1. The molecule has 1 aliphatic rings. The number of nitrogens with zero attached hydrogens (tertiary/aromatic N) is 1. The minimum absolute atomic E-state index is 0. The standard InChI is InChI=1S/C9H16N4O2S.ClH/c1-6-9(7(2)12-11-6)16(14,15)13-8-3-4-10-5-8;/h8,10,13H,3-5H2,1-2H3,(H,11,12);1H. The fourth-order valence-electron chi connectivity index (χ4n) is 1.97.